The molecule has 1 fully saturated rings. The molecule has 2 amide bonds. The largest absolute Gasteiger partial charge is 0.495 e. The summed E-state index contributed by atoms with van der Waals surface area (Å²) in [6.07, 6.45) is 0. The number of amides is 2. The van der Waals surface area contributed by atoms with Crippen LogP contribution in [0.3, 0.4) is 0 Å². The number of carbonyl (C=O) groups is 2. The minimum Gasteiger partial charge on any atom is -0.495 e. The second-order valence-electron chi connectivity index (χ2n) is 7.64. The van der Waals surface area contributed by atoms with Gasteiger partial charge in [0.05, 0.1) is 18.4 Å². The van der Waals surface area contributed by atoms with E-state index in [2.05, 4.69) is 10.2 Å². The lowest BCUT2D eigenvalue weighted by Gasteiger charge is -2.36. The second kappa shape index (κ2) is 10.5. The van der Waals surface area contributed by atoms with Crippen molar-refractivity contribution in [1.82, 2.24) is 4.90 Å². The molecule has 33 heavy (non-hydrogen) atoms. The molecule has 4 rings (SSSR count). The van der Waals surface area contributed by atoms with E-state index in [-0.39, 0.29) is 18.4 Å². The van der Waals surface area contributed by atoms with Gasteiger partial charge in [0, 0.05) is 31.9 Å². The Hall–Kier alpha value is -4.00. The smallest absolute Gasteiger partial charge is 0.260 e. The van der Waals surface area contributed by atoms with Crippen molar-refractivity contribution in [2.24, 2.45) is 0 Å². The van der Waals surface area contributed by atoms with Crippen LogP contribution in [-0.4, -0.2) is 56.6 Å². The molecule has 0 saturated carbocycles. The SMILES string of the molecule is COc1ccccc1N1CCN(C(=O)COc2ccccc2C(=O)Nc2ccccc2)CC1. The minimum atomic E-state index is -0.283. The van der Waals surface area contributed by atoms with Crippen LogP contribution in [0.15, 0.2) is 78.9 Å². The number of carbonyl (C=O) groups excluding carboxylic acids is 2. The summed E-state index contributed by atoms with van der Waals surface area (Å²) < 4.78 is 11.2. The lowest BCUT2D eigenvalue weighted by atomic mass is 10.2. The van der Waals surface area contributed by atoms with Gasteiger partial charge in [-0.15, -0.1) is 0 Å². The molecule has 0 aromatic heterocycles. The quantitative estimate of drug-likeness (QED) is 0.601. The molecular weight excluding hydrogens is 418 g/mol. The first-order chi connectivity index (χ1) is 16.2. The van der Waals surface area contributed by atoms with E-state index in [9.17, 15) is 9.59 Å². The zero-order valence-electron chi connectivity index (χ0n) is 18.6. The molecule has 7 nitrogen and oxygen atoms in total. The Morgan fingerprint density at radius 2 is 1.45 bits per heavy atom. The standard InChI is InChI=1S/C26H27N3O4/c1-32-24-14-8-6-12-22(24)28-15-17-29(18-16-28)25(30)19-33-23-13-7-5-11-21(23)26(31)27-20-9-3-2-4-10-20/h2-14H,15-19H2,1H3,(H,27,31). The lowest BCUT2D eigenvalue weighted by Crippen LogP contribution is -2.50. The first kappa shape index (κ1) is 22.2. The van der Waals surface area contributed by atoms with Gasteiger partial charge in [0.25, 0.3) is 11.8 Å². The van der Waals surface area contributed by atoms with E-state index in [1.54, 1.807) is 36.3 Å². The Labute approximate surface area is 193 Å². The van der Waals surface area contributed by atoms with Gasteiger partial charge in [0.2, 0.25) is 0 Å². The molecule has 3 aromatic carbocycles. The summed E-state index contributed by atoms with van der Waals surface area (Å²) >= 11 is 0. The maximum absolute atomic E-state index is 12.8. The third-order valence-corrected chi connectivity index (χ3v) is 5.57. The van der Waals surface area contributed by atoms with Crippen molar-refractivity contribution in [3.05, 3.63) is 84.4 Å². The van der Waals surface area contributed by atoms with Gasteiger partial charge in [0.15, 0.2) is 6.61 Å². The number of rotatable bonds is 7. The normalized spacial score (nSPS) is 13.4. The second-order valence-corrected chi connectivity index (χ2v) is 7.64. The molecule has 1 aliphatic rings. The third kappa shape index (κ3) is 5.44. The Morgan fingerprint density at radius 3 is 2.18 bits per heavy atom. The number of methoxy groups -OCH3 is 1. The summed E-state index contributed by atoms with van der Waals surface area (Å²) in [6.45, 7) is 2.49. The molecule has 1 aliphatic heterocycles. The van der Waals surface area contributed by atoms with Gasteiger partial charge in [-0.05, 0) is 36.4 Å². The van der Waals surface area contributed by atoms with E-state index in [0.717, 1.165) is 11.4 Å². The van der Waals surface area contributed by atoms with E-state index < -0.39 is 0 Å². The van der Waals surface area contributed by atoms with Gasteiger partial charge in [-0.1, -0.05) is 42.5 Å². The number of benzene rings is 3. The van der Waals surface area contributed by atoms with E-state index in [1.807, 2.05) is 54.6 Å². The van der Waals surface area contributed by atoms with Crippen LogP contribution in [0.1, 0.15) is 10.4 Å². The Kier molecular flexibility index (Phi) is 7.09. The van der Waals surface area contributed by atoms with Crippen LogP contribution in [-0.2, 0) is 4.79 Å². The number of hydrogen-bond donors (Lipinski definition) is 1. The number of para-hydroxylation sites is 4. The maximum atomic E-state index is 12.8. The fourth-order valence-electron chi connectivity index (χ4n) is 3.82. The fraction of sp³-hybridized carbons (Fsp3) is 0.231. The van der Waals surface area contributed by atoms with E-state index in [1.165, 1.54) is 0 Å². The number of piperazine rings is 1. The van der Waals surface area contributed by atoms with E-state index in [0.29, 0.717) is 43.2 Å². The summed E-state index contributed by atoms with van der Waals surface area (Å²) in [7, 11) is 1.66. The van der Waals surface area contributed by atoms with Crippen molar-refractivity contribution in [2.75, 3.05) is 50.1 Å². The van der Waals surface area contributed by atoms with Crippen LogP contribution in [0, 0.1) is 0 Å². The molecule has 1 saturated heterocycles. The van der Waals surface area contributed by atoms with Crippen molar-refractivity contribution in [3.8, 4) is 11.5 Å². The van der Waals surface area contributed by atoms with Crippen molar-refractivity contribution in [2.45, 2.75) is 0 Å². The lowest BCUT2D eigenvalue weighted by molar-refractivity contribution is -0.133. The summed E-state index contributed by atoms with van der Waals surface area (Å²) in [6, 6.07) is 24.0. The highest BCUT2D eigenvalue weighted by Gasteiger charge is 2.23. The molecule has 3 aromatic rings. The summed E-state index contributed by atoms with van der Waals surface area (Å²) in [5.41, 5.74) is 2.11. The van der Waals surface area contributed by atoms with Crippen LogP contribution in [0.4, 0.5) is 11.4 Å². The van der Waals surface area contributed by atoms with Gasteiger partial charge in [-0.3, -0.25) is 9.59 Å². The van der Waals surface area contributed by atoms with Gasteiger partial charge in [-0.2, -0.15) is 0 Å². The maximum Gasteiger partial charge on any atom is 0.260 e. The number of ether oxygens (including phenoxy) is 2. The van der Waals surface area contributed by atoms with Crippen LogP contribution < -0.4 is 19.7 Å². The average Bonchev–Trinajstić information content (AvgIpc) is 2.88. The molecule has 0 radical (unpaired) electrons. The van der Waals surface area contributed by atoms with Crippen molar-refractivity contribution >= 4 is 23.2 Å². The first-order valence-electron chi connectivity index (χ1n) is 10.9. The molecule has 1 heterocycles. The van der Waals surface area contributed by atoms with Crippen molar-refractivity contribution < 1.29 is 19.1 Å². The fourth-order valence-corrected chi connectivity index (χ4v) is 3.82. The number of hydrogen-bond acceptors (Lipinski definition) is 5. The van der Waals surface area contributed by atoms with Crippen molar-refractivity contribution in [3.63, 3.8) is 0 Å². The van der Waals surface area contributed by atoms with Crippen LogP contribution in [0.5, 0.6) is 11.5 Å². The highest BCUT2D eigenvalue weighted by atomic mass is 16.5. The molecule has 0 spiro atoms. The molecule has 1 N–H and O–H groups in total. The highest BCUT2D eigenvalue weighted by molar-refractivity contribution is 6.06. The highest BCUT2D eigenvalue weighted by Crippen LogP contribution is 2.28. The Balaban J connectivity index is 1.33. The van der Waals surface area contributed by atoms with Crippen LogP contribution >= 0.6 is 0 Å². The predicted molar refractivity (Wildman–Crippen MR) is 128 cm³/mol. The zero-order valence-corrected chi connectivity index (χ0v) is 18.6. The molecule has 7 heteroatoms. The molecule has 0 aliphatic carbocycles. The van der Waals surface area contributed by atoms with Crippen molar-refractivity contribution in [1.29, 1.82) is 0 Å². The predicted octanol–water partition coefficient (Wildman–Crippen LogP) is 3.68. The first-order valence-corrected chi connectivity index (χ1v) is 10.9. The molecule has 0 unspecified atom stereocenters. The zero-order chi connectivity index (χ0) is 23.0. The van der Waals surface area contributed by atoms with Crippen LogP contribution in [0.2, 0.25) is 0 Å². The van der Waals surface area contributed by atoms with Gasteiger partial charge < -0.3 is 24.6 Å². The average molecular weight is 446 g/mol. The number of anilines is 2. The summed E-state index contributed by atoms with van der Waals surface area (Å²) in [4.78, 5) is 29.5. The molecule has 170 valence electrons. The Morgan fingerprint density at radius 1 is 0.818 bits per heavy atom. The van der Waals surface area contributed by atoms with Gasteiger partial charge in [0.1, 0.15) is 11.5 Å². The third-order valence-electron chi connectivity index (χ3n) is 5.57. The summed E-state index contributed by atoms with van der Waals surface area (Å²) in [5.74, 6) is 0.820. The van der Waals surface area contributed by atoms with E-state index in [4.69, 9.17) is 9.47 Å². The van der Waals surface area contributed by atoms with E-state index >= 15 is 0 Å². The van der Waals surface area contributed by atoms with Crippen LogP contribution in [0.25, 0.3) is 0 Å². The molecule has 0 atom stereocenters. The van der Waals surface area contributed by atoms with Gasteiger partial charge in [-0.25, -0.2) is 0 Å². The van der Waals surface area contributed by atoms with Gasteiger partial charge >= 0.3 is 0 Å². The molecule has 0 bridgehead atoms. The monoisotopic (exact) mass is 445 g/mol. The Bertz CT molecular complexity index is 1100. The minimum absolute atomic E-state index is 0.104. The molecular formula is C26H27N3O4. The number of nitrogens with one attached hydrogen (secondary N) is 1. The summed E-state index contributed by atoms with van der Waals surface area (Å²) in [5, 5.41) is 2.85. The topological polar surface area (TPSA) is 71.1 Å². The number of nitrogens with zero attached hydrogens (tertiary/aromatic N) is 2.